The van der Waals surface area contributed by atoms with Gasteiger partial charge in [0.2, 0.25) is 10.0 Å². The topological polar surface area (TPSA) is 94.1 Å². The number of nitrogens with two attached hydrogens (primary N) is 1. The predicted octanol–water partition coefficient (Wildman–Crippen LogP) is 0.270. The van der Waals surface area contributed by atoms with Crippen molar-refractivity contribution < 1.29 is 8.42 Å². The summed E-state index contributed by atoms with van der Waals surface area (Å²) >= 11 is 4.79. The predicted molar refractivity (Wildman–Crippen MR) is 82.0 cm³/mol. The Labute approximate surface area is 128 Å². The van der Waals surface area contributed by atoms with Gasteiger partial charge in [0.25, 0.3) is 0 Å². The first-order valence-corrected chi connectivity index (χ1v) is 7.85. The molecule has 2 heterocycles. The summed E-state index contributed by atoms with van der Waals surface area (Å²) < 4.78 is 27.9. The third-order valence-corrected chi connectivity index (χ3v) is 4.98. The van der Waals surface area contributed by atoms with E-state index in [0.717, 1.165) is 0 Å². The Morgan fingerprint density at radius 3 is 2.62 bits per heavy atom. The number of aryl methyl sites for hydroxylation is 1. The van der Waals surface area contributed by atoms with Gasteiger partial charge in [-0.3, -0.25) is 4.98 Å². The molecular formula is C12H15N5O2S2. The normalized spacial score (nSPS) is 11.8. The molecule has 0 amide bonds. The quantitative estimate of drug-likeness (QED) is 0.793. The Morgan fingerprint density at radius 1 is 1.43 bits per heavy atom. The molecule has 2 rings (SSSR count). The molecule has 0 aliphatic heterocycles. The fourth-order valence-corrected chi connectivity index (χ4v) is 2.88. The zero-order valence-corrected chi connectivity index (χ0v) is 13.2. The van der Waals surface area contributed by atoms with E-state index in [2.05, 4.69) is 9.97 Å². The Balaban J connectivity index is 2.24. The minimum atomic E-state index is -3.64. The van der Waals surface area contributed by atoms with Crippen LogP contribution in [0.4, 0.5) is 0 Å². The van der Waals surface area contributed by atoms with E-state index in [1.54, 1.807) is 24.0 Å². The number of rotatable bonds is 5. The molecule has 0 aliphatic carbocycles. The van der Waals surface area contributed by atoms with E-state index in [1.165, 1.54) is 29.7 Å². The fourth-order valence-electron chi connectivity index (χ4n) is 1.69. The van der Waals surface area contributed by atoms with E-state index >= 15 is 0 Å². The number of sulfonamides is 1. The summed E-state index contributed by atoms with van der Waals surface area (Å²) in [4.78, 5) is 8.26. The molecule has 2 aromatic heterocycles. The SMILES string of the molecule is CN(Cc1nccn1C)S(=O)(=O)c1ccc(C(N)=S)nc1. The largest absolute Gasteiger partial charge is 0.388 e. The van der Waals surface area contributed by atoms with Gasteiger partial charge >= 0.3 is 0 Å². The van der Waals surface area contributed by atoms with Gasteiger partial charge in [-0.2, -0.15) is 4.31 Å². The molecule has 0 atom stereocenters. The van der Waals surface area contributed by atoms with Crippen molar-refractivity contribution in [3.8, 4) is 0 Å². The summed E-state index contributed by atoms with van der Waals surface area (Å²) in [5.41, 5.74) is 5.82. The first-order chi connectivity index (χ1) is 9.82. The zero-order chi connectivity index (χ0) is 15.6. The molecule has 2 aromatic rings. The summed E-state index contributed by atoms with van der Waals surface area (Å²) in [5.74, 6) is 0.647. The molecule has 0 aromatic carbocycles. The number of nitrogens with zero attached hydrogens (tertiary/aromatic N) is 4. The lowest BCUT2D eigenvalue weighted by molar-refractivity contribution is 0.451. The molecule has 0 unspecified atom stereocenters. The van der Waals surface area contributed by atoms with Gasteiger partial charge in [-0.25, -0.2) is 13.4 Å². The highest BCUT2D eigenvalue weighted by atomic mass is 32.2. The zero-order valence-electron chi connectivity index (χ0n) is 11.6. The maximum absolute atomic E-state index is 12.4. The summed E-state index contributed by atoms with van der Waals surface area (Å²) in [6.07, 6.45) is 4.63. The summed E-state index contributed by atoms with van der Waals surface area (Å²) in [7, 11) is -0.342. The van der Waals surface area contributed by atoms with Crippen molar-refractivity contribution in [1.29, 1.82) is 0 Å². The van der Waals surface area contributed by atoms with E-state index in [4.69, 9.17) is 18.0 Å². The molecule has 2 N–H and O–H groups in total. The van der Waals surface area contributed by atoms with Gasteiger partial charge in [-0.15, -0.1) is 0 Å². The molecule has 0 radical (unpaired) electrons. The molecule has 0 aliphatic rings. The van der Waals surface area contributed by atoms with Crippen LogP contribution in [-0.4, -0.2) is 39.3 Å². The van der Waals surface area contributed by atoms with Crippen LogP contribution >= 0.6 is 12.2 Å². The second-order valence-electron chi connectivity index (χ2n) is 4.46. The van der Waals surface area contributed by atoms with Crippen LogP contribution in [0, 0.1) is 0 Å². The number of pyridine rings is 1. The molecule has 7 nitrogen and oxygen atoms in total. The van der Waals surface area contributed by atoms with E-state index in [9.17, 15) is 8.42 Å². The summed E-state index contributed by atoms with van der Waals surface area (Å²) in [6.45, 7) is 0.170. The Hall–Kier alpha value is -1.84. The number of hydrogen-bond donors (Lipinski definition) is 1. The van der Waals surface area contributed by atoms with Gasteiger partial charge in [-0.1, -0.05) is 12.2 Å². The average molecular weight is 325 g/mol. The third-order valence-electron chi connectivity index (χ3n) is 2.98. The van der Waals surface area contributed by atoms with Gasteiger partial charge in [0.15, 0.2) is 0 Å². The lowest BCUT2D eigenvalue weighted by Gasteiger charge is -2.16. The van der Waals surface area contributed by atoms with Crippen molar-refractivity contribution in [2.24, 2.45) is 12.8 Å². The van der Waals surface area contributed by atoms with Gasteiger partial charge in [0, 0.05) is 32.7 Å². The van der Waals surface area contributed by atoms with Crippen LogP contribution in [0.5, 0.6) is 0 Å². The number of thiocarbonyl (C=S) groups is 1. The molecule has 112 valence electrons. The van der Waals surface area contributed by atoms with Crippen molar-refractivity contribution >= 4 is 27.2 Å². The monoisotopic (exact) mass is 325 g/mol. The minimum absolute atomic E-state index is 0.0826. The first kappa shape index (κ1) is 15.5. The maximum atomic E-state index is 12.4. The first-order valence-electron chi connectivity index (χ1n) is 6.01. The van der Waals surface area contributed by atoms with Crippen molar-refractivity contribution in [2.75, 3.05) is 7.05 Å². The van der Waals surface area contributed by atoms with Crippen molar-refractivity contribution in [1.82, 2.24) is 18.8 Å². The molecular weight excluding hydrogens is 310 g/mol. The fraction of sp³-hybridized carbons (Fsp3) is 0.250. The lowest BCUT2D eigenvalue weighted by atomic mass is 10.3. The Kier molecular flexibility index (Phi) is 4.35. The van der Waals surface area contributed by atoms with E-state index in [1.807, 2.05) is 0 Å². The number of aromatic nitrogens is 3. The molecule has 9 heteroatoms. The van der Waals surface area contributed by atoms with E-state index in [-0.39, 0.29) is 16.4 Å². The van der Waals surface area contributed by atoms with Gasteiger partial charge in [0.05, 0.1) is 12.2 Å². The van der Waals surface area contributed by atoms with Crippen LogP contribution in [0.3, 0.4) is 0 Å². The highest BCUT2D eigenvalue weighted by Crippen LogP contribution is 2.15. The molecule has 0 saturated carbocycles. The number of hydrogen-bond acceptors (Lipinski definition) is 5. The second-order valence-corrected chi connectivity index (χ2v) is 6.94. The van der Waals surface area contributed by atoms with Gasteiger partial charge in [0.1, 0.15) is 15.7 Å². The standard InChI is InChI=1S/C12H15N5O2S2/c1-16-6-5-14-11(16)8-17(2)21(18,19)9-3-4-10(12(13)20)15-7-9/h3-7H,8H2,1-2H3,(H2,13,20). The average Bonchev–Trinajstić information content (AvgIpc) is 2.84. The molecule has 0 spiro atoms. The van der Waals surface area contributed by atoms with Gasteiger partial charge in [-0.05, 0) is 12.1 Å². The minimum Gasteiger partial charge on any atom is -0.388 e. The number of imidazole rings is 1. The van der Waals surface area contributed by atoms with Gasteiger partial charge < -0.3 is 10.3 Å². The molecule has 0 bridgehead atoms. The summed E-state index contributed by atoms with van der Waals surface area (Å²) in [6, 6.07) is 2.93. The van der Waals surface area contributed by atoms with E-state index < -0.39 is 10.0 Å². The Bertz CT molecular complexity index is 752. The summed E-state index contributed by atoms with van der Waals surface area (Å²) in [5, 5.41) is 0. The second kappa shape index (κ2) is 5.88. The smallest absolute Gasteiger partial charge is 0.244 e. The van der Waals surface area contributed by atoms with Crippen LogP contribution in [-0.2, 0) is 23.6 Å². The molecule has 21 heavy (non-hydrogen) atoms. The van der Waals surface area contributed by atoms with E-state index in [0.29, 0.717) is 11.5 Å². The Morgan fingerprint density at radius 2 is 2.14 bits per heavy atom. The van der Waals surface area contributed by atoms with Crippen LogP contribution in [0.1, 0.15) is 11.5 Å². The van der Waals surface area contributed by atoms with Crippen LogP contribution in [0.2, 0.25) is 0 Å². The lowest BCUT2D eigenvalue weighted by Crippen LogP contribution is -2.28. The van der Waals surface area contributed by atoms with Crippen LogP contribution < -0.4 is 5.73 Å². The molecule has 0 fully saturated rings. The van der Waals surface area contributed by atoms with Crippen molar-refractivity contribution in [3.05, 3.63) is 42.2 Å². The van der Waals surface area contributed by atoms with Crippen LogP contribution in [0.15, 0.2) is 35.6 Å². The van der Waals surface area contributed by atoms with Crippen molar-refractivity contribution in [2.45, 2.75) is 11.4 Å². The van der Waals surface area contributed by atoms with Crippen molar-refractivity contribution in [3.63, 3.8) is 0 Å². The van der Waals surface area contributed by atoms with Crippen LogP contribution in [0.25, 0.3) is 0 Å². The third kappa shape index (κ3) is 3.26. The maximum Gasteiger partial charge on any atom is 0.244 e. The highest BCUT2D eigenvalue weighted by Gasteiger charge is 2.22. The molecule has 0 saturated heterocycles. The highest BCUT2D eigenvalue weighted by molar-refractivity contribution is 7.89.